The van der Waals surface area contributed by atoms with E-state index in [1.54, 1.807) is 24.3 Å². The highest BCUT2D eigenvalue weighted by atomic mass is 16.5. The van der Waals surface area contributed by atoms with Crippen molar-refractivity contribution in [2.45, 2.75) is 19.8 Å². The molecule has 0 aromatic heterocycles. The fraction of sp³-hybridized carbons (Fsp3) is 0.200. The quantitative estimate of drug-likeness (QED) is 0.488. The van der Waals surface area contributed by atoms with Crippen LogP contribution in [-0.2, 0) is 4.79 Å². The molecule has 2 aliphatic rings. The third kappa shape index (κ3) is 2.71. The number of esters is 1. The second-order valence-corrected chi connectivity index (χ2v) is 6.15. The largest absolute Gasteiger partial charge is 0.452 e. The van der Waals surface area contributed by atoms with E-state index in [0.29, 0.717) is 17.1 Å². The van der Waals surface area contributed by atoms with Crippen LogP contribution in [0.25, 0.3) is 6.08 Å². The van der Waals surface area contributed by atoms with Crippen LogP contribution in [0.5, 0.6) is 11.5 Å². The average Bonchev–Trinajstić information content (AvgIpc) is 3.37. The first-order valence-electron chi connectivity index (χ1n) is 7.97. The molecule has 0 radical (unpaired) electrons. The van der Waals surface area contributed by atoms with Gasteiger partial charge in [0.05, 0.1) is 11.5 Å². The van der Waals surface area contributed by atoms with Gasteiger partial charge in [-0.15, -0.1) is 0 Å². The molecule has 0 saturated heterocycles. The van der Waals surface area contributed by atoms with E-state index >= 15 is 0 Å². The summed E-state index contributed by atoms with van der Waals surface area (Å²) >= 11 is 0. The zero-order valence-electron chi connectivity index (χ0n) is 13.2. The van der Waals surface area contributed by atoms with Crippen LogP contribution in [0.15, 0.2) is 48.2 Å². The van der Waals surface area contributed by atoms with Crippen LogP contribution in [-0.4, -0.2) is 11.8 Å². The number of ketones is 1. The first-order chi connectivity index (χ1) is 11.6. The lowest BCUT2D eigenvalue weighted by Gasteiger charge is -2.04. The van der Waals surface area contributed by atoms with Crippen molar-refractivity contribution in [3.8, 4) is 11.5 Å². The molecule has 0 atom stereocenters. The summed E-state index contributed by atoms with van der Waals surface area (Å²) in [7, 11) is 0. The predicted octanol–water partition coefficient (Wildman–Crippen LogP) is 3.93. The molecule has 120 valence electrons. The van der Waals surface area contributed by atoms with Crippen LogP contribution in [0.1, 0.15) is 34.3 Å². The van der Waals surface area contributed by atoms with E-state index in [1.807, 2.05) is 31.2 Å². The van der Waals surface area contributed by atoms with Crippen molar-refractivity contribution < 1.29 is 19.1 Å². The molecule has 1 heterocycles. The van der Waals surface area contributed by atoms with Gasteiger partial charge in [-0.25, -0.2) is 0 Å². The molecule has 1 aliphatic heterocycles. The number of ether oxygens (including phenoxy) is 2. The maximum Gasteiger partial charge on any atom is 0.314 e. The Morgan fingerprint density at radius 1 is 1.21 bits per heavy atom. The van der Waals surface area contributed by atoms with Crippen LogP contribution < -0.4 is 9.47 Å². The molecule has 24 heavy (non-hydrogen) atoms. The number of benzene rings is 2. The van der Waals surface area contributed by atoms with Gasteiger partial charge in [-0.1, -0.05) is 24.3 Å². The lowest BCUT2D eigenvalue weighted by atomic mass is 10.1. The standard InChI is InChI=1S/C20H16O4/c1-12-4-2-3-5-14(12)10-18-19(21)16-9-8-15(11-17(16)24-18)23-20(22)13-6-7-13/h2-5,8-11,13H,6-7H2,1H3/b18-10+. The Morgan fingerprint density at radius 2 is 2.00 bits per heavy atom. The van der Waals surface area contributed by atoms with Crippen LogP contribution in [0.4, 0.5) is 0 Å². The van der Waals surface area contributed by atoms with Crippen molar-refractivity contribution in [2.75, 3.05) is 0 Å². The molecule has 0 bridgehead atoms. The average molecular weight is 320 g/mol. The third-order valence-corrected chi connectivity index (χ3v) is 4.25. The summed E-state index contributed by atoms with van der Waals surface area (Å²) in [5.74, 6) is 0.780. The van der Waals surface area contributed by atoms with E-state index in [-0.39, 0.29) is 23.4 Å². The summed E-state index contributed by atoms with van der Waals surface area (Å²) in [5.41, 5.74) is 2.49. The molecule has 4 rings (SSSR count). The van der Waals surface area contributed by atoms with E-state index in [0.717, 1.165) is 24.0 Å². The molecule has 2 aromatic rings. The Labute approximate surface area is 139 Å². The van der Waals surface area contributed by atoms with Crippen molar-refractivity contribution in [3.63, 3.8) is 0 Å². The highest BCUT2D eigenvalue weighted by Crippen LogP contribution is 2.36. The number of rotatable bonds is 3. The number of carbonyl (C=O) groups excluding carboxylic acids is 2. The first kappa shape index (κ1) is 14.7. The minimum absolute atomic E-state index is 0.0253. The van der Waals surface area contributed by atoms with Crippen molar-refractivity contribution in [1.29, 1.82) is 0 Å². The Morgan fingerprint density at radius 3 is 2.75 bits per heavy atom. The number of allylic oxidation sites excluding steroid dienone is 1. The normalized spacial score (nSPS) is 17.5. The van der Waals surface area contributed by atoms with Gasteiger partial charge in [0.2, 0.25) is 5.78 Å². The van der Waals surface area contributed by atoms with Crippen LogP contribution in [0, 0.1) is 12.8 Å². The van der Waals surface area contributed by atoms with Gasteiger partial charge in [0.1, 0.15) is 11.5 Å². The summed E-state index contributed by atoms with van der Waals surface area (Å²) in [6.45, 7) is 1.98. The van der Waals surface area contributed by atoms with E-state index in [2.05, 4.69) is 0 Å². The molecule has 0 unspecified atom stereocenters. The number of carbonyl (C=O) groups is 2. The van der Waals surface area contributed by atoms with Crippen molar-refractivity contribution in [1.82, 2.24) is 0 Å². The number of Topliss-reactive ketones (excluding diaryl/α,β-unsaturated/α-hetero) is 1. The molecule has 4 nitrogen and oxygen atoms in total. The minimum atomic E-state index is -0.213. The summed E-state index contributed by atoms with van der Waals surface area (Å²) < 4.78 is 11.0. The molecule has 4 heteroatoms. The van der Waals surface area contributed by atoms with Crippen LogP contribution in [0.3, 0.4) is 0 Å². The lowest BCUT2D eigenvalue weighted by molar-refractivity contribution is -0.135. The number of aryl methyl sites for hydroxylation is 1. The van der Waals surface area contributed by atoms with Gasteiger partial charge in [0.25, 0.3) is 0 Å². The number of fused-ring (bicyclic) bond motifs is 1. The molecule has 1 fully saturated rings. The number of hydrogen-bond donors (Lipinski definition) is 0. The molecular formula is C20H16O4. The molecular weight excluding hydrogens is 304 g/mol. The fourth-order valence-corrected chi connectivity index (χ4v) is 2.64. The molecule has 0 N–H and O–H groups in total. The molecule has 1 saturated carbocycles. The fourth-order valence-electron chi connectivity index (χ4n) is 2.64. The van der Waals surface area contributed by atoms with Crippen LogP contribution in [0.2, 0.25) is 0 Å². The van der Waals surface area contributed by atoms with E-state index in [9.17, 15) is 9.59 Å². The van der Waals surface area contributed by atoms with Gasteiger partial charge < -0.3 is 9.47 Å². The van der Waals surface area contributed by atoms with Crippen molar-refractivity contribution >= 4 is 17.8 Å². The molecule has 0 amide bonds. The Kier molecular flexibility index (Phi) is 3.45. The lowest BCUT2D eigenvalue weighted by Crippen LogP contribution is -2.09. The van der Waals surface area contributed by atoms with Gasteiger partial charge in [-0.05, 0) is 49.1 Å². The SMILES string of the molecule is Cc1ccccc1/C=C1/Oc2cc(OC(=O)C3CC3)ccc2C1=O. The Bertz CT molecular complexity index is 875. The van der Waals surface area contributed by atoms with Gasteiger partial charge in [0.15, 0.2) is 5.76 Å². The highest BCUT2D eigenvalue weighted by molar-refractivity contribution is 6.14. The van der Waals surface area contributed by atoms with E-state index in [4.69, 9.17) is 9.47 Å². The summed E-state index contributed by atoms with van der Waals surface area (Å²) in [4.78, 5) is 24.2. The summed E-state index contributed by atoms with van der Waals surface area (Å²) in [6, 6.07) is 12.7. The molecule has 1 aliphatic carbocycles. The van der Waals surface area contributed by atoms with Crippen molar-refractivity contribution in [2.24, 2.45) is 5.92 Å². The zero-order valence-corrected chi connectivity index (χ0v) is 13.2. The van der Waals surface area contributed by atoms with Gasteiger partial charge in [0, 0.05) is 6.07 Å². The predicted molar refractivity (Wildman–Crippen MR) is 88.9 cm³/mol. The molecule has 0 spiro atoms. The van der Waals surface area contributed by atoms with E-state index < -0.39 is 0 Å². The molecule has 2 aromatic carbocycles. The van der Waals surface area contributed by atoms with Crippen molar-refractivity contribution in [3.05, 3.63) is 64.9 Å². The Balaban J connectivity index is 1.60. The van der Waals surface area contributed by atoms with Gasteiger partial charge in [-0.3, -0.25) is 9.59 Å². The third-order valence-electron chi connectivity index (χ3n) is 4.25. The van der Waals surface area contributed by atoms with E-state index in [1.165, 1.54) is 0 Å². The summed E-state index contributed by atoms with van der Waals surface area (Å²) in [5, 5.41) is 0. The second kappa shape index (κ2) is 5.64. The zero-order chi connectivity index (χ0) is 16.7. The monoisotopic (exact) mass is 320 g/mol. The van der Waals surface area contributed by atoms with Gasteiger partial charge >= 0.3 is 5.97 Å². The smallest absolute Gasteiger partial charge is 0.314 e. The Hall–Kier alpha value is -2.88. The first-order valence-corrected chi connectivity index (χ1v) is 7.97. The highest BCUT2D eigenvalue weighted by Gasteiger charge is 2.32. The maximum atomic E-state index is 12.5. The topological polar surface area (TPSA) is 52.6 Å². The summed E-state index contributed by atoms with van der Waals surface area (Å²) in [6.07, 6.45) is 3.53. The minimum Gasteiger partial charge on any atom is -0.452 e. The van der Waals surface area contributed by atoms with Crippen LogP contribution >= 0.6 is 0 Å². The maximum absolute atomic E-state index is 12.5. The van der Waals surface area contributed by atoms with Gasteiger partial charge in [-0.2, -0.15) is 0 Å². The second-order valence-electron chi connectivity index (χ2n) is 6.15. The number of hydrogen-bond acceptors (Lipinski definition) is 4.